The Kier molecular flexibility index (Phi) is 6.48. The van der Waals surface area contributed by atoms with Crippen LogP contribution in [0.5, 0.6) is 0 Å². The van der Waals surface area contributed by atoms with E-state index in [4.69, 9.17) is 11.6 Å². The molecule has 0 radical (unpaired) electrons. The second-order valence-corrected chi connectivity index (χ2v) is 9.60. The fraction of sp³-hybridized carbons (Fsp3) is 0.269. The van der Waals surface area contributed by atoms with Gasteiger partial charge < -0.3 is 5.32 Å². The van der Waals surface area contributed by atoms with Crippen molar-refractivity contribution < 1.29 is 4.79 Å². The highest BCUT2D eigenvalue weighted by molar-refractivity contribution is 6.31. The van der Waals surface area contributed by atoms with E-state index in [9.17, 15) is 9.59 Å². The van der Waals surface area contributed by atoms with Crippen molar-refractivity contribution in [2.24, 2.45) is 0 Å². The minimum Gasteiger partial charge on any atom is -0.307 e. The molecule has 0 saturated heterocycles. The highest BCUT2D eigenvalue weighted by Gasteiger charge is 2.22. The number of carbonyl (C=O) groups excluding carboxylic acids is 1. The van der Waals surface area contributed by atoms with Crippen LogP contribution < -0.4 is 11.0 Å². The van der Waals surface area contributed by atoms with E-state index in [-0.39, 0.29) is 17.1 Å². The molecule has 0 unspecified atom stereocenters. The molecule has 34 heavy (non-hydrogen) atoms. The zero-order chi connectivity index (χ0) is 24.5. The maximum Gasteiger partial charge on any atom is 0.350 e. The summed E-state index contributed by atoms with van der Waals surface area (Å²) in [4.78, 5) is 25.5. The predicted molar refractivity (Wildman–Crippen MR) is 135 cm³/mol. The molecule has 4 aromatic rings. The molecule has 4 rings (SSSR count). The molecule has 0 saturated carbocycles. The fourth-order valence-corrected chi connectivity index (χ4v) is 4.18. The summed E-state index contributed by atoms with van der Waals surface area (Å²) in [5, 5.41) is 7.47. The van der Waals surface area contributed by atoms with E-state index in [0.29, 0.717) is 23.1 Å². The average molecular weight is 478 g/mol. The molecule has 2 aromatic heterocycles. The number of aryl methyl sites for hydroxylation is 1. The van der Waals surface area contributed by atoms with E-state index in [1.165, 1.54) is 21.1 Å². The lowest BCUT2D eigenvalue weighted by molar-refractivity contribution is 0.253. The van der Waals surface area contributed by atoms with Gasteiger partial charge in [-0.3, -0.25) is 9.13 Å². The number of nitrogens with zero attached hydrogens (tertiary/aromatic N) is 4. The Morgan fingerprint density at radius 2 is 1.65 bits per heavy atom. The minimum absolute atomic E-state index is 0.167. The molecular weight excluding hydrogens is 450 g/mol. The minimum atomic E-state index is -0.358. The van der Waals surface area contributed by atoms with Crippen molar-refractivity contribution in [3.05, 3.63) is 99.4 Å². The van der Waals surface area contributed by atoms with Crippen LogP contribution in [0.4, 0.5) is 10.5 Å². The average Bonchev–Trinajstić information content (AvgIpc) is 3.37. The summed E-state index contributed by atoms with van der Waals surface area (Å²) in [6.07, 6.45) is 4.17. The van der Waals surface area contributed by atoms with Crippen molar-refractivity contribution in [2.75, 3.05) is 5.32 Å². The third kappa shape index (κ3) is 4.84. The van der Waals surface area contributed by atoms with Crippen LogP contribution in [0.25, 0.3) is 5.69 Å². The van der Waals surface area contributed by atoms with Gasteiger partial charge in [0.25, 0.3) is 0 Å². The smallest absolute Gasteiger partial charge is 0.307 e. The van der Waals surface area contributed by atoms with E-state index in [2.05, 4.69) is 29.5 Å². The number of aromatic nitrogens is 4. The molecule has 0 spiro atoms. The Morgan fingerprint density at radius 3 is 2.24 bits per heavy atom. The maximum atomic E-state index is 12.8. The first kappa shape index (κ1) is 23.6. The lowest BCUT2D eigenvalue weighted by Gasteiger charge is -2.18. The molecule has 8 heteroatoms. The Bertz CT molecular complexity index is 1360. The quantitative estimate of drug-likeness (QED) is 0.413. The van der Waals surface area contributed by atoms with Crippen LogP contribution in [-0.2, 0) is 18.4 Å². The summed E-state index contributed by atoms with van der Waals surface area (Å²) in [6.45, 7) is 8.69. The summed E-state index contributed by atoms with van der Waals surface area (Å²) >= 11 is 6.42. The number of rotatable bonds is 5. The zero-order valence-electron chi connectivity index (χ0n) is 19.7. The van der Waals surface area contributed by atoms with Gasteiger partial charge in [0.2, 0.25) is 0 Å². The molecule has 7 nitrogen and oxygen atoms in total. The molecule has 0 atom stereocenters. The fourth-order valence-electron chi connectivity index (χ4n) is 3.70. The van der Waals surface area contributed by atoms with Crippen molar-refractivity contribution in [3.63, 3.8) is 0 Å². The van der Waals surface area contributed by atoms with Crippen LogP contribution in [-0.4, -0.2) is 24.9 Å². The lowest BCUT2D eigenvalue weighted by atomic mass is 9.89. The maximum absolute atomic E-state index is 12.8. The van der Waals surface area contributed by atoms with Crippen molar-refractivity contribution in [2.45, 2.75) is 46.1 Å². The number of hydrogen-bond acceptors (Lipinski definition) is 3. The van der Waals surface area contributed by atoms with Gasteiger partial charge in [-0.1, -0.05) is 63.6 Å². The first-order chi connectivity index (χ1) is 16.2. The Morgan fingerprint density at radius 1 is 1.00 bits per heavy atom. The van der Waals surface area contributed by atoms with Gasteiger partial charge >= 0.3 is 11.7 Å². The van der Waals surface area contributed by atoms with Gasteiger partial charge in [-0.2, -0.15) is 9.78 Å². The molecule has 0 fully saturated rings. The van der Waals surface area contributed by atoms with Crippen LogP contribution in [0.15, 0.2) is 71.9 Å². The molecule has 1 amide bonds. The topological polar surface area (TPSA) is 73.8 Å². The standard InChI is InChI=1S/C26H28ClN5O2/c1-5-18-6-8-19(9-7-18)16-30-17-28-32(25(30)34)21-12-10-20(11-13-21)29-24(33)31-15-14-22(23(31)27)26(2,3)4/h6-15,17H,5,16H2,1-4H3,(H,29,33). The third-order valence-corrected chi connectivity index (χ3v) is 6.12. The van der Waals surface area contributed by atoms with Gasteiger partial charge in [-0.15, -0.1) is 0 Å². The highest BCUT2D eigenvalue weighted by atomic mass is 35.5. The number of halogens is 1. The van der Waals surface area contributed by atoms with Gasteiger partial charge in [0.1, 0.15) is 11.5 Å². The summed E-state index contributed by atoms with van der Waals surface area (Å²) in [5.41, 5.74) is 3.99. The second kappa shape index (κ2) is 9.35. The van der Waals surface area contributed by atoms with Crippen molar-refractivity contribution in [3.8, 4) is 5.69 Å². The number of anilines is 1. The number of amides is 1. The van der Waals surface area contributed by atoms with Gasteiger partial charge in [0, 0.05) is 11.9 Å². The molecule has 2 heterocycles. The molecule has 0 aliphatic carbocycles. The van der Waals surface area contributed by atoms with E-state index in [0.717, 1.165) is 17.5 Å². The van der Waals surface area contributed by atoms with Gasteiger partial charge in [-0.05, 0) is 58.9 Å². The molecule has 2 aromatic carbocycles. The van der Waals surface area contributed by atoms with Crippen molar-refractivity contribution in [1.29, 1.82) is 0 Å². The molecule has 0 aliphatic rings. The zero-order valence-corrected chi connectivity index (χ0v) is 20.5. The highest BCUT2D eigenvalue weighted by Crippen LogP contribution is 2.30. The van der Waals surface area contributed by atoms with Crippen LogP contribution in [0, 0.1) is 0 Å². The van der Waals surface area contributed by atoms with Gasteiger partial charge in [-0.25, -0.2) is 9.59 Å². The molecular formula is C26H28ClN5O2. The second-order valence-electron chi connectivity index (χ2n) is 9.24. The number of nitrogens with one attached hydrogen (secondary N) is 1. The van der Waals surface area contributed by atoms with Crippen molar-refractivity contribution >= 4 is 23.3 Å². The first-order valence-corrected chi connectivity index (χ1v) is 11.6. The third-order valence-electron chi connectivity index (χ3n) is 5.73. The van der Waals surface area contributed by atoms with E-state index >= 15 is 0 Å². The van der Waals surface area contributed by atoms with Crippen molar-refractivity contribution in [1.82, 2.24) is 18.9 Å². The van der Waals surface area contributed by atoms with Crippen LogP contribution in [0.1, 0.15) is 44.4 Å². The summed E-state index contributed by atoms with van der Waals surface area (Å²) in [6, 6.07) is 16.6. The van der Waals surface area contributed by atoms with Gasteiger partial charge in [0.05, 0.1) is 12.2 Å². The summed E-state index contributed by atoms with van der Waals surface area (Å²) in [5.74, 6) is 0. The van der Waals surface area contributed by atoms with Crippen LogP contribution in [0.2, 0.25) is 5.15 Å². The number of benzene rings is 2. The Labute approximate surface area is 203 Å². The number of hydrogen-bond donors (Lipinski definition) is 1. The summed E-state index contributed by atoms with van der Waals surface area (Å²) in [7, 11) is 0. The van der Waals surface area contributed by atoms with Crippen LogP contribution in [0.3, 0.4) is 0 Å². The number of carbonyl (C=O) groups is 1. The molecule has 176 valence electrons. The molecule has 1 N–H and O–H groups in total. The largest absolute Gasteiger partial charge is 0.350 e. The summed E-state index contributed by atoms with van der Waals surface area (Å²) < 4.78 is 4.29. The Balaban J connectivity index is 1.47. The SMILES string of the molecule is CCc1ccc(Cn2cnn(-c3ccc(NC(=O)n4ccc(C(C)(C)C)c4Cl)cc3)c2=O)cc1. The normalized spacial score (nSPS) is 11.6. The predicted octanol–water partition coefficient (Wildman–Crippen LogP) is 5.48. The van der Waals surface area contributed by atoms with E-state index in [1.807, 2.05) is 39.0 Å². The van der Waals surface area contributed by atoms with E-state index in [1.54, 1.807) is 35.0 Å². The molecule has 0 bridgehead atoms. The Hall–Kier alpha value is -3.58. The van der Waals surface area contributed by atoms with E-state index < -0.39 is 0 Å². The van der Waals surface area contributed by atoms with Gasteiger partial charge in [0.15, 0.2) is 0 Å². The lowest BCUT2D eigenvalue weighted by Crippen LogP contribution is -2.24. The van der Waals surface area contributed by atoms with Crippen LogP contribution >= 0.6 is 11.6 Å². The monoisotopic (exact) mass is 477 g/mol. The first-order valence-electron chi connectivity index (χ1n) is 11.2. The molecule has 0 aliphatic heterocycles.